The van der Waals surface area contributed by atoms with Gasteiger partial charge in [-0.25, -0.2) is 4.39 Å². The molecular formula is C30H34BrFN2O3. The van der Waals surface area contributed by atoms with E-state index in [0.717, 1.165) is 27.6 Å². The molecule has 0 aliphatic carbocycles. The number of amides is 2. The van der Waals surface area contributed by atoms with E-state index in [-0.39, 0.29) is 36.7 Å². The molecular weight excluding hydrogens is 535 g/mol. The van der Waals surface area contributed by atoms with E-state index in [4.69, 9.17) is 4.74 Å². The summed E-state index contributed by atoms with van der Waals surface area (Å²) < 4.78 is 20.2. The van der Waals surface area contributed by atoms with E-state index in [1.165, 1.54) is 17.0 Å². The van der Waals surface area contributed by atoms with Gasteiger partial charge in [0.05, 0.1) is 4.47 Å². The number of nitrogens with one attached hydrogen (secondary N) is 1. The second kappa shape index (κ2) is 13.9. The highest BCUT2D eigenvalue weighted by atomic mass is 79.9. The van der Waals surface area contributed by atoms with Gasteiger partial charge in [-0.15, -0.1) is 0 Å². The van der Waals surface area contributed by atoms with E-state index in [0.29, 0.717) is 18.7 Å². The summed E-state index contributed by atoms with van der Waals surface area (Å²) in [6.45, 7) is 6.50. The molecule has 2 amide bonds. The highest BCUT2D eigenvalue weighted by Crippen LogP contribution is 2.26. The summed E-state index contributed by atoms with van der Waals surface area (Å²) in [5, 5.41) is 2.99. The number of nitrogens with zero attached hydrogens (tertiary/aromatic N) is 1. The number of rotatable bonds is 12. The van der Waals surface area contributed by atoms with Crippen LogP contribution < -0.4 is 10.1 Å². The molecule has 0 bridgehead atoms. The molecule has 3 rings (SSSR count). The van der Waals surface area contributed by atoms with Crippen molar-refractivity contribution < 1.29 is 18.7 Å². The van der Waals surface area contributed by atoms with Gasteiger partial charge in [0.15, 0.2) is 6.61 Å². The lowest BCUT2D eigenvalue weighted by Gasteiger charge is -2.31. The predicted molar refractivity (Wildman–Crippen MR) is 148 cm³/mol. The average Bonchev–Trinajstić information content (AvgIpc) is 2.90. The fraction of sp³-hybridized carbons (Fsp3) is 0.333. The van der Waals surface area contributed by atoms with Crippen LogP contribution >= 0.6 is 15.9 Å². The Bertz CT molecular complexity index is 1170. The number of hydrogen-bond acceptors (Lipinski definition) is 3. The van der Waals surface area contributed by atoms with Crippen molar-refractivity contribution >= 4 is 27.7 Å². The van der Waals surface area contributed by atoms with Crippen molar-refractivity contribution in [2.24, 2.45) is 5.92 Å². The molecule has 3 aromatic carbocycles. The Morgan fingerprint density at radius 1 is 0.973 bits per heavy atom. The molecule has 1 atom stereocenters. The van der Waals surface area contributed by atoms with Crippen molar-refractivity contribution in [1.82, 2.24) is 10.2 Å². The Balaban J connectivity index is 1.89. The van der Waals surface area contributed by atoms with Crippen molar-refractivity contribution in [1.29, 1.82) is 0 Å². The second-order valence-electron chi connectivity index (χ2n) is 9.40. The number of halogens is 2. The lowest BCUT2D eigenvalue weighted by molar-refractivity contribution is -0.142. The number of benzene rings is 3. The third kappa shape index (κ3) is 8.71. The van der Waals surface area contributed by atoms with Crippen LogP contribution in [0.5, 0.6) is 5.75 Å². The van der Waals surface area contributed by atoms with Crippen molar-refractivity contribution in [3.8, 4) is 5.75 Å². The summed E-state index contributed by atoms with van der Waals surface area (Å²) in [6.07, 6.45) is 1.22. The van der Waals surface area contributed by atoms with Crippen molar-refractivity contribution in [2.75, 3.05) is 13.2 Å². The first kappa shape index (κ1) is 28.4. The van der Waals surface area contributed by atoms with E-state index in [9.17, 15) is 14.0 Å². The third-order valence-electron chi connectivity index (χ3n) is 5.98. The van der Waals surface area contributed by atoms with Crippen LogP contribution in [0.15, 0.2) is 77.3 Å². The molecule has 37 heavy (non-hydrogen) atoms. The number of carbonyl (C=O) groups is 2. The van der Waals surface area contributed by atoms with Gasteiger partial charge in [-0.1, -0.05) is 69.3 Å². The van der Waals surface area contributed by atoms with Crippen LogP contribution in [-0.4, -0.2) is 35.9 Å². The van der Waals surface area contributed by atoms with E-state index in [1.54, 1.807) is 12.1 Å². The van der Waals surface area contributed by atoms with Gasteiger partial charge in [0.2, 0.25) is 5.91 Å². The number of carbonyl (C=O) groups excluding carboxylic acids is 2. The molecule has 0 saturated carbocycles. The summed E-state index contributed by atoms with van der Waals surface area (Å²) >= 11 is 3.52. The summed E-state index contributed by atoms with van der Waals surface area (Å²) in [5.74, 6) is -0.121. The van der Waals surface area contributed by atoms with Crippen molar-refractivity contribution in [2.45, 2.75) is 46.2 Å². The third-order valence-corrected chi connectivity index (χ3v) is 6.60. The van der Waals surface area contributed by atoms with Gasteiger partial charge in [-0.3, -0.25) is 9.59 Å². The standard InChI is InChI=1S/C30H34BrFN2O3/c1-4-22-12-15-28(26(31)16-22)37-20-29(35)34(19-24-10-13-25(32)14-11-24)27(30(36)33-18-21(2)3)17-23-8-6-5-7-9-23/h5-16,21,27H,4,17-20H2,1-3H3,(H,33,36)/t27-/m0/s1. The number of hydrogen-bond donors (Lipinski definition) is 1. The van der Waals surface area contributed by atoms with Crippen molar-refractivity contribution in [3.63, 3.8) is 0 Å². The minimum atomic E-state index is -0.770. The van der Waals surface area contributed by atoms with Crippen LogP contribution in [0.2, 0.25) is 0 Å². The van der Waals surface area contributed by atoms with Crippen LogP contribution in [0.3, 0.4) is 0 Å². The smallest absolute Gasteiger partial charge is 0.261 e. The largest absolute Gasteiger partial charge is 0.483 e. The molecule has 0 aliphatic heterocycles. The van der Waals surface area contributed by atoms with Gasteiger partial charge in [-0.2, -0.15) is 0 Å². The van der Waals surface area contributed by atoms with Crippen LogP contribution in [0.25, 0.3) is 0 Å². The molecule has 0 aromatic heterocycles. The Hall–Kier alpha value is -3.19. The molecule has 0 fully saturated rings. The Morgan fingerprint density at radius 3 is 2.27 bits per heavy atom. The molecule has 0 aliphatic rings. The summed E-state index contributed by atoms with van der Waals surface area (Å²) in [4.78, 5) is 28.6. The number of aryl methyl sites for hydroxylation is 1. The highest BCUT2D eigenvalue weighted by Gasteiger charge is 2.31. The molecule has 1 N–H and O–H groups in total. The lowest BCUT2D eigenvalue weighted by Crippen LogP contribution is -2.52. The van der Waals surface area contributed by atoms with Crippen LogP contribution in [-0.2, 0) is 29.0 Å². The molecule has 0 heterocycles. The molecule has 3 aromatic rings. The SMILES string of the molecule is CCc1ccc(OCC(=O)N(Cc2ccc(F)cc2)[C@@H](Cc2ccccc2)C(=O)NCC(C)C)c(Br)c1. The maximum Gasteiger partial charge on any atom is 0.261 e. The summed E-state index contributed by atoms with van der Waals surface area (Å²) in [6, 6.07) is 20.5. The quantitative estimate of drug-likeness (QED) is 0.294. The first-order chi connectivity index (χ1) is 17.8. The van der Waals surface area contributed by atoms with Gasteiger partial charge < -0.3 is 15.0 Å². The fourth-order valence-electron chi connectivity index (χ4n) is 3.87. The van der Waals surface area contributed by atoms with E-state index < -0.39 is 6.04 Å². The zero-order chi connectivity index (χ0) is 26.8. The molecule has 0 spiro atoms. The minimum absolute atomic E-state index is 0.144. The zero-order valence-electron chi connectivity index (χ0n) is 21.5. The Labute approximate surface area is 227 Å². The Kier molecular flexibility index (Phi) is 10.7. The van der Waals surface area contributed by atoms with Crippen molar-refractivity contribution in [3.05, 3.63) is 99.8 Å². The van der Waals surface area contributed by atoms with Gasteiger partial charge in [0.25, 0.3) is 5.91 Å². The topological polar surface area (TPSA) is 58.6 Å². The van der Waals surface area contributed by atoms with Crippen LogP contribution in [0.4, 0.5) is 4.39 Å². The molecule has 7 heteroatoms. The molecule has 0 radical (unpaired) electrons. The first-order valence-electron chi connectivity index (χ1n) is 12.5. The summed E-state index contributed by atoms with van der Waals surface area (Å²) in [5.41, 5.74) is 2.80. The minimum Gasteiger partial charge on any atom is -0.483 e. The molecule has 196 valence electrons. The second-order valence-corrected chi connectivity index (χ2v) is 10.3. The maximum atomic E-state index is 13.6. The monoisotopic (exact) mass is 568 g/mol. The maximum absolute atomic E-state index is 13.6. The van der Waals surface area contributed by atoms with E-state index in [1.807, 2.05) is 62.4 Å². The van der Waals surface area contributed by atoms with Gasteiger partial charge in [0.1, 0.15) is 17.6 Å². The van der Waals surface area contributed by atoms with E-state index >= 15 is 0 Å². The Morgan fingerprint density at radius 2 is 1.65 bits per heavy atom. The van der Waals surface area contributed by atoms with E-state index in [2.05, 4.69) is 28.2 Å². The fourth-order valence-corrected chi connectivity index (χ4v) is 4.41. The average molecular weight is 570 g/mol. The lowest BCUT2D eigenvalue weighted by atomic mass is 10.0. The predicted octanol–water partition coefficient (Wildman–Crippen LogP) is 5.94. The van der Waals surface area contributed by atoms with Crippen LogP contribution in [0.1, 0.15) is 37.5 Å². The first-order valence-corrected chi connectivity index (χ1v) is 13.3. The number of ether oxygens (including phenoxy) is 1. The zero-order valence-corrected chi connectivity index (χ0v) is 23.1. The van der Waals surface area contributed by atoms with Gasteiger partial charge in [-0.05, 0) is 69.2 Å². The molecule has 0 unspecified atom stereocenters. The summed E-state index contributed by atoms with van der Waals surface area (Å²) in [7, 11) is 0. The van der Waals surface area contributed by atoms with Gasteiger partial charge in [0, 0.05) is 19.5 Å². The van der Waals surface area contributed by atoms with Crippen LogP contribution in [0, 0.1) is 11.7 Å². The highest BCUT2D eigenvalue weighted by molar-refractivity contribution is 9.10. The van der Waals surface area contributed by atoms with Gasteiger partial charge >= 0.3 is 0 Å². The molecule has 0 saturated heterocycles. The normalized spacial score (nSPS) is 11.7. The molecule has 5 nitrogen and oxygen atoms in total.